The van der Waals surface area contributed by atoms with Crippen LogP contribution in [0.15, 0.2) is 12.4 Å². The van der Waals surface area contributed by atoms with Crippen LogP contribution in [0.2, 0.25) is 0 Å². The van der Waals surface area contributed by atoms with E-state index < -0.39 is 5.97 Å². The third-order valence-corrected chi connectivity index (χ3v) is 1.91. The Labute approximate surface area is 100 Å². The molecule has 0 unspecified atom stereocenters. The van der Waals surface area contributed by atoms with E-state index in [1.807, 2.05) is 13.8 Å². The molecule has 0 aromatic carbocycles. The molecule has 1 rings (SSSR count). The van der Waals surface area contributed by atoms with Crippen molar-refractivity contribution in [1.82, 2.24) is 9.97 Å². The smallest absolute Gasteiger partial charge is 0.358 e. The number of nitrogens with zero attached hydrogens (tertiary/aromatic N) is 2. The van der Waals surface area contributed by atoms with Crippen LogP contribution in [0.5, 0.6) is 0 Å². The molecule has 1 aromatic heterocycles. The Morgan fingerprint density at radius 1 is 1.41 bits per heavy atom. The maximum absolute atomic E-state index is 11.1. The fraction of sp³-hybridized carbons (Fsp3) is 0.545. The summed E-state index contributed by atoms with van der Waals surface area (Å²) >= 11 is 0. The van der Waals surface area contributed by atoms with Crippen LogP contribution >= 0.6 is 0 Å². The van der Waals surface area contributed by atoms with Crippen molar-refractivity contribution >= 4 is 11.8 Å². The largest absolute Gasteiger partial charge is 0.464 e. The van der Waals surface area contributed by atoms with Gasteiger partial charge in [-0.1, -0.05) is 0 Å². The monoisotopic (exact) mass is 239 g/mol. The van der Waals surface area contributed by atoms with E-state index in [4.69, 9.17) is 4.74 Å². The minimum Gasteiger partial charge on any atom is -0.464 e. The van der Waals surface area contributed by atoms with Crippen LogP contribution in [0, 0.1) is 0 Å². The zero-order valence-corrected chi connectivity index (χ0v) is 10.3. The molecule has 0 saturated carbocycles. The highest BCUT2D eigenvalue weighted by molar-refractivity contribution is 5.86. The molecule has 0 aliphatic carbocycles. The van der Waals surface area contributed by atoms with Gasteiger partial charge in [-0.3, -0.25) is 0 Å². The number of carbonyl (C=O) groups excluding carboxylic acids is 1. The first-order valence-electron chi connectivity index (χ1n) is 5.39. The Morgan fingerprint density at radius 3 is 2.71 bits per heavy atom. The molecular formula is C11H17N3O3. The van der Waals surface area contributed by atoms with Gasteiger partial charge < -0.3 is 14.8 Å². The molecule has 0 spiro atoms. The maximum Gasteiger partial charge on any atom is 0.358 e. The van der Waals surface area contributed by atoms with Gasteiger partial charge in [-0.05, 0) is 13.8 Å². The first-order chi connectivity index (χ1) is 8.13. The molecule has 1 aromatic rings. The van der Waals surface area contributed by atoms with E-state index in [-0.39, 0.29) is 11.8 Å². The zero-order valence-electron chi connectivity index (χ0n) is 10.3. The maximum atomic E-state index is 11.1. The number of nitrogens with one attached hydrogen (secondary N) is 1. The van der Waals surface area contributed by atoms with Crippen LogP contribution in [0.3, 0.4) is 0 Å². The number of hydrogen-bond acceptors (Lipinski definition) is 6. The number of methoxy groups -OCH3 is 1. The van der Waals surface area contributed by atoms with Gasteiger partial charge >= 0.3 is 5.97 Å². The van der Waals surface area contributed by atoms with Gasteiger partial charge in [-0.2, -0.15) is 0 Å². The third kappa shape index (κ3) is 4.78. The molecule has 17 heavy (non-hydrogen) atoms. The number of carbonyl (C=O) groups is 1. The minimum atomic E-state index is -0.493. The predicted octanol–water partition coefficient (Wildman–Crippen LogP) is 1.10. The predicted molar refractivity (Wildman–Crippen MR) is 62.9 cm³/mol. The summed E-state index contributed by atoms with van der Waals surface area (Å²) in [4.78, 5) is 19.1. The summed E-state index contributed by atoms with van der Waals surface area (Å²) in [5.41, 5.74) is 0.191. The number of anilines is 1. The molecule has 0 fully saturated rings. The van der Waals surface area contributed by atoms with E-state index in [1.54, 1.807) is 0 Å². The van der Waals surface area contributed by atoms with Crippen molar-refractivity contribution < 1.29 is 14.3 Å². The fourth-order valence-corrected chi connectivity index (χ4v) is 1.10. The summed E-state index contributed by atoms with van der Waals surface area (Å²) in [6.45, 7) is 5.19. The van der Waals surface area contributed by atoms with Crippen molar-refractivity contribution in [3.05, 3.63) is 18.1 Å². The molecular weight excluding hydrogens is 222 g/mol. The lowest BCUT2D eigenvalue weighted by molar-refractivity contribution is 0.0593. The molecule has 1 N–H and O–H groups in total. The standard InChI is InChI=1S/C11H17N3O3/c1-8(2)17-5-4-12-10-7-13-9(6-14-10)11(15)16-3/h6-8H,4-5H2,1-3H3,(H,12,14). The minimum absolute atomic E-state index is 0.191. The molecule has 0 bridgehead atoms. The lowest BCUT2D eigenvalue weighted by atomic mass is 10.4. The van der Waals surface area contributed by atoms with Crippen molar-refractivity contribution in [3.63, 3.8) is 0 Å². The molecule has 6 heteroatoms. The summed E-state index contributed by atoms with van der Waals surface area (Å²) in [5.74, 6) is 0.109. The van der Waals surface area contributed by atoms with Crippen LogP contribution < -0.4 is 5.32 Å². The van der Waals surface area contributed by atoms with Gasteiger partial charge in [0.05, 0.1) is 32.2 Å². The van der Waals surface area contributed by atoms with Gasteiger partial charge in [0.25, 0.3) is 0 Å². The van der Waals surface area contributed by atoms with Crippen molar-refractivity contribution in [1.29, 1.82) is 0 Å². The highest BCUT2D eigenvalue weighted by atomic mass is 16.5. The lowest BCUT2D eigenvalue weighted by Gasteiger charge is -2.08. The fourth-order valence-electron chi connectivity index (χ4n) is 1.10. The molecule has 0 aliphatic rings. The van der Waals surface area contributed by atoms with Crippen LogP contribution in [-0.2, 0) is 9.47 Å². The Balaban J connectivity index is 2.38. The summed E-state index contributed by atoms with van der Waals surface area (Å²) in [6.07, 6.45) is 3.07. The second-order valence-electron chi connectivity index (χ2n) is 3.62. The van der Waals surface area contributed by atoms with Crippen LogP contribution in [0.1, 0.15) is 24.3 Å². The first-order valence-corrected chi connectivity index (χ1v) is 5.39. The average molecular weight is 239 g/mol. The molecule has 0 aliphatic heterocycles. The first kappa shape index (κ1) is 13.4. The van der Waals surface area contributed by atoms with E-state index in [9.17, 15) is 4.79 Å². The lowest BCUT2D eigenvalue weighted by Crippen LogP contribution is -2.14. The number of esters is 1. The summed E-state index contributed by atoms with van der Waals surface area (Å²) in [6, 6.07) is 0. The molecule has 6 nitrogen and oxygen atoms in total. The molecule has 0 saturated heterocycles. The van der Waals surface area contributed by atoms with Crippen molar-refractivity contribution in [2.45, 2.75) is 20.0 Å². The van der Waals surface area contributed by atoms with E-state index >= 15 is 0 Å². The highest BCUT2D eigenvalue weighted by Gasteiger charge is 2.06. The summed E-state index contributed by atoms with van der Waals surface area (Å²) in [5, 5.41) is 3.03. The molecule has 94 valence electrons. The van der Waals surface area contributed by atoms with E-state index in [1.165, 1.54) is 19.5 Å². The van der Waals surface area contributed by atoms with E-state index in [2.05, 4.69) is 20.0 Å². The summed E-state index contributed by atoms with van der Waals surface area (Å²) < 4.78 is 9.88. The topological polar surface area (TPSA) is 73.3 Å². The quantitative estimate of drug-likeness (QED) is 0.592. The molecule has 0 radical (unpaired) electrons. The number of ether oxygens (including phenoxy) is 2. The Bertz CT molecular complexity index is 351. The van der Waals surface area contributed by atoms with Gasteiger partial charge in [0.15, 0.2) is 5.69 Å². The van der Waals surface area contributed by atoms with Gasteiger partial charge in [0, 0.05) is 6.54 Å². The Kier molecular flexibility index (Phi) is 5.35. The number of aromatic nitrogens is 2. The SMILES string of the molecule is COC(=O)c1cnc(NCCOC(C)C)cn1. The van der Waals surface area contributed by atoms with Crippen molar-refractivity contribution in [2.24, 2.45) is 0 Å². The molecule has 0 atom stereocenters. The number of rotatable bonds is 6. The van der Waals surface area contributed by atoms with Gasteiger partial charge in [0.2, 0.25) is 0 Å². The average Bonchev–Trinajstić information content (AvgIpc) is 2.34. The van der Waals surface area contributed by atoms with Gasteiger partial charge in [-0.25, -0.2) is 14.8 Å². The second kappa shape index (κ2) is 6.80. The van der Waals surface area contributed by atoms with Gasteiger partial charge in [-0.15, -0.1) is 0 Å². The van der Waals surface area contributed by atoms with E-state index in [0.29, 0.717) is 19.0 Å². The molecule has 0 amide bonds. The van der Waals surface area contributed by atoms with Crippen LogP contribution in [-0.4, -0.2) is 42.3 Å². The zero-order chi connectivity index (χ0) is 12.7. The third-order valence-electron chi connectivity index (χ3n) is 1.91. The Hall–Kier alpha value is -1.69. The van der Waals surface area contributed by atoms with Crippen LogP contribution in [0.4, 0.5) is 5.82 Å². The number of hydrogen-bond donors (Lipinski definition) is 1. The summed E-state index contributed by atoms with van der Waals surface area (Å²) in [7, 11) is 1.30. The van der Waals surface area contributed by atoms with Crippen molar-refractivity contribution in [3.8, 4) is 0 Å². The Morgan fingerprint density at radius 2 is 2.18 bits per heavy atom. The van der Waals surface area contributed by atoms with Crippen LogP contribution in [0.25, 0.3) is 0 Å². The molecule has 1 heterocycles. The van der Waals surface area contributed by atoms with Gasteiger partial charge in [0.1, 0.15) is 5.82 Å². The van der Waals surface area contributed by atoms with Crippen molar-refractivity contribution in [2.75, 3.05) is 25.6 Å². The normalized spacial score (nSPS) is 10.4. The second-order valence-corrected chi connectivity index (χ2v) is 3.62. The highest BCUT2D eigenvalue weighted by Crippen LogP contribution is 2.01. The van der Waals surface area contributed by atoms with E-state index in [0.717, 1.165) is 0 Å².